The van der Waals surface area contributed by atoms with Gasteiger partial charge in [0.25, 0.3) is 0 Å². The molecule has 1 aromatic heterocycles. The summed E-state index contributed by atoms with van der Waals surface area (Å²) < 4.78 is 10.0. The summed E-state index contributed by atoms with van der Waals surface area (Å²) in [7, 11) is 3.19. The number of aromatic nitrogens is 1. The maximum atomic E-state index is 5.71. The fourth-order valence-corrected chi connectivity index (χ4v) is 1.15. The second-order valence-electron chi connectivity index (χ2n) is 2.65. The van der Waals surface area contributed by atoms with Gasteiger partial charge in [0, 0.05) is 26.1 Å². The normalized spacial score (nSPS) is 10.6. The van der Waals surface area contributed by atoms with E-state index in [4.69, 9.17) is 21.1 Å². The highest BCUT2D eigenvalue weighted by molar-refractivity contribution is 6.29. The van der Waals surface area contributed by atoms with Crippen LogP contribution in [0.4, 0.5) is 5.69 Å². The lowest BCUT2D eigenvalue weighted by Gasteiger charge is -2.14. The zero-order valence-electron chi connectivity index (χ0n) is 8.16. The molecule has 0 spiro atoms. The Balaban J connectivity index is 2.44. The molecule has 1 N–H and O–H groups in total. The SMILES string of the molecule is COC(CNc1ccnc(Cl)c1)OC. The Morgan fingerprint density at radius 1 is 1.50 bits per heavy atom. The monoisotopic (exact) mass is 216 g/mol. The van der Waals surface area contributed by atoms with Crippen molar-refractivity contribution in [2.75, 3.05) is 26.1 Å². The van der Waals surface area contributed by atoms with E-state index in [0.29, 0.717) is 11.7 Å². The second kappa shape index (κ2) is 5.80. The van der Waals surface area contributed by atoms with Gasteiger partial charge in [-0.1, -0.05) is 11.6 Å². The van der Waals surface area contributed by atoms with E-state index in [9.17, 15) is 0 Å². The van der Waals surface area contributed by atoms with Crippen LogP contribution in [0.3, 0.4) is 0 Å². The lowest BCUT2D eigenvalue weighted by atomic mass is 10.4. The maximum absolute atomic E-state index is 5.71. The predicted molar refractivity (Wildman–Crippen MR) is 55.5 cm³/mol. The number of hydrogen-bond donors (Lipinski definition) is 1. The third-order valence-corrected chi connectivity index (χ3v) is 1.93. The zero-order valence-corrected chi connectivity index (χ0v) is 8.91. The summed E-state index contributed by atoms with van der Waals surface area (Å²) >= 11 is 5.71. The van der Waals surface area contributed by atoms with Crippen LogP contribution in [0.2, 0.25) is 5.15 Å². The van der Waals surface area contributed by atoms with Crippen molar-refractivity contribution in [3.63, 3.8) is 0 Å². The molecule has 0 aromatic carbocycles. The number of anilines is 1. The van der Waals surface area contributed by atoms with E-state index in [2.05, 4.69) is 10.3 Å². The average molecular weight is 217 g/mol. The highest BCUT2D eigenvalue weighted by Crippen LogP contribution is 2.11. The molecule has 14 heavy (non-hydrogen) atoms. The van der Waals surface area contributed by atoms with Gasteiger partial charge in [0.1, 0.15) is 5.15 Å². The van der Waals surface area contributed by atoms with E-state index in [1.54, 1.807) is 26.5 Å². The molecule has 0 radical (unpaired) electrons. The lowest BCUT2D eigenvalue weighted by Crippen LogP contribution is -2.23. The van der Waals surface area contributed by atoms with E-state index in [1.165, 1.54) is 0 Å². The van der Waals surface area contributed by atoms with Crippen molar-refractivity contribution in [3.8, 4) is 0 Å². The van der Waals surface area contributed by atoms with Crippen LogP contribution in [0.15, 0.2) is 18.3 Å². The first-order valence-corrected chi connectivity index (χ1v) is 4.55. The molecule has 0 fully saturated rings. The second-order valence-corrected chi connectivity index (χ2v) is 3.04. The first-order chi connectivity index (χ1) is 6.76. The van der Waals surface area contributed by atoms with Crippen LogP contribution in [0.25, 0.3) is 0 Å². The number of nitrogens with one attached hydrogen (secondary N) is 1. The summed E-state index contributed by atoms with van der Waals surface area (Å²) in [5.74, 6) is 0. The standard InChI is InChI=1S/C9H13ClN2O2/c1-13-9(14-2)6-12-7-3-4-11-8(10)5-7/h3-5,9H,6H2,1-2H3,(H,11,12). The van der Waals surface area contributed by atoms with Gasteiger partial charge in [-0.05, 0) is 12.1 Å². The summed E-state index contributed by atoms with van der Waals surface area (Å²) in [4.78, 5) is 3.87. The van der Waals surface area contributed by atoms with E-state index in [-0.39, 0.29) is 6.29 Å². The van der Waals surface area contributed by atoms with Crippen molar-refractivity contribution in [3.05, 3.63) is 23.5 Å². The molecular formula is C9H13ClN2O2. The molecule has 0 saturated carbocycles. The molecule has 78 valence electrons. The Bertz CT molecular complexity index is 279. The summed E-state index contributed by atoms with van der Waals surface area (Å²) in [6.45, 7) is 0.563. The minimum Gasteiger partial charge on any atom is -0.380 e. The molecular weight excluding hydrogens is 204 g/mol. The summed E-state index contributed by atoms with van der Waals surface area (Å²) in [5, 5.41) is 3.57. The quantitative estimate of drug-likeness (QED) is 0.602. The fourth-order valence-electron chi connectivity index (χ4n) is 0.977. The van der Waals surface area contributed by atoms with Gasteiger partial charge >= 0.3 is 0 Å². The number of rotatable bonds is 5. The van der Waals surface area contributed by atoms with Gasteiger partial charge < -0.3 is 14.8 Å². The molecule has 5 heteroatoms. The molecule has 0 bridgehead atoms. The number of nitrogens with zero attached hydrogens (tertiary/aromatic N) is 1. The van der Waals surface area contributed by atoms with E-state index >= 15 is 0 Å². The molecule has 1 rings (SSSR count). The minimum absolute atomic E-state index is 0.262. The van der Waals surface area contributed by atoms with Crippen molar-refractivity contribution < 1.29 is 9.47 Å². The Labute approximate surface area is 88.2 Å². The number of methoxy groups -OCH3 is 2. The highest BCUT2D eigenvalue weighted by Gasteiger charge is 2.03. The Kier molecular flexibility index (Phi) is 4.65. The molecule has 0 saturated heterocycles. The topological polar surface area (TPSA) is 43.4 Å². The Morgan fingerprint density at radius 3 is 2.79 bits per heavy atom. The third kappa shape index (κ3) is 3.49. The molecule has 0 atom stereocenters. The molecule has 1 aromatic rings. The van der Waals surface area contributed by atoms with Crippen molar-refractivity contribution >= 4 is 17.3 Å². The van der Waals surface area contributed by atoms with Crippen LogP contribution in [-0.4, -0.2) is 32.0 Å². The van der Waals surface area contributed by atoms with Crippen LogP contribution in [0, 0.1) is 0 Å². The molecule has 0 aliphatic carbocycles. The van der Waals surface area contributed by atoms with Crippen molar-refractivity contribution in [2.45, 2.75) is 6.29 Å². The zero-order chi connectivity index (χ0) is 10.4. The number of halogens is 1. The summed E-state index contributed by atoms with van der Waals surface area (Å²) in [6.07, 6.45) is 1.38. The van der Waals surface area contributed by atoms with Crippen LogP contribution in [0.5, 0.6) is 0 Å². The van der Waals surface area contributed by atoms with Gasteiger partial charge in [0.05, 0.1) is 6.54 Å². The summed E-state index contributed by atoms with van der Waals surface area (Å²) in [6, 6.07) is 3.57. The van der Waals surface area contributed by atoms with E-state index in [1.807, 2.05) is 6.07 Å². The molecule has 1 heterocycles. The number of pyridine rings is 1. The molecule has 0 aliphatic rings. The Morgan fingerprint density at radius 2 is 2.21 bits per heavy atom. The molecule has 4 nitrogen and oxygen atoms in total. The first-order valence-electron chi connectivity index (χ1n) is 4.17. The van der Waals surface area contributed by atoms with Gasteiger partial charge in [0.2, 0.25) is 0 Å². The van der Waals surface area contributed by atoms with Crippen LogP contribution >= 0.6 is 11.6 Å². The van der Waals surface area contributed by atoms with E-state index < -0.39 is 0 Å². The smallest absolute Gasteiger partial charge is 0.173 e. The van der Waals surface area contributed by atoms with Crippen molar-refractivity contribution in [1.82, 2.24) is 4.98 Å². The predicted octanol–water partition coefficient (Wildman–Crippen LogP) is 1.77. The molecule has 0 aliphatic heterocycles. The molecule has 0 unspecified atom stereocenters. The first kappa shape index (κ1) is 11.2. The average Bonchev–Trinajstić information content (AvgIpc) is 2.19. The van der Waals surface area contributed by atoms with Gasteiger partial charge in [0.15, 0.2) is 6.29 Å². The van der Waals surface area contributed by atoms with Gasteiger partial charge in [-0.2, -0.15) is 0 Å². The Hall–Kier alpha value is -0.840. The lowest BCUT2D eigenvalue weighted by molar-refractivity contribution is -0.0914. The van der Waals surface area contributed by atoms with Gasteiger partial charge in [-0.25, -0.2) is 4.98 Å². The van der Waals surface area contributed by atoms with Crippen LogP contribution < -0.4 is 5.32 Å². The van der Waals surface area contributed by atoms with Gasteiger partial charge in [-0.15, -0.1) is 0 Å². The summed E-state index contributed by atoms with van der Waals surface area (Å²) in [5.41, 5.74) is 0.893. The van der Waals surface area contributed by atoms with Gasteiger partial charge in [-0.3, -0.25) is 0 Å². The molecule has 0 amide bonds. The van der Waals surface area contributed by atoms with E-state index in [0.717, 1.165) is 5.69 Å². The maximum Gasteiger partial charge on any atom is 0.173 e. The number of ether oxygens (including phenoxy) is 2. The third-order valence-electron chi connectivity index (χ3n) is 1.73. The highest BCUT2D eigenvalue weighted by atomic mass is 35.5. The van der Waals surface area contributed by atoms with Crippen molar-refractivity contribution in [2.24, 2.45) is 0 Å². The van der Waals surface area contributed by atoms with Crippen LogP contribution in [-0.2, 0) is 9.47 Å². The minimum atomic E-state index is -0.262. The number of hydrogen-bond acceptors (Lipinski definition) is 4. The van der Waals surface area contributed by atoms with Crippen LogP contribution in [0.1, 0.15) is 0 Å². The van der Waals surface area contributed by atoms with Crippen molar-refractivity contribution in [1.29, 1.82) is 0 Å². The fraction of sp³-hybridized carbons (Fsp3) is 0.444. The largest absolute Gasteiger partial charge is 0.380 e.